The summed E-state index contributed by atoms with van der Waals surface area (Å²) < 4.78 is 32.3. The minimum absolute atomic E-state index is 0.229. The maximum atomic E-state index is 13.6. The maximum Gasteiger partial charge on any atom is 0.414 e. The molecule has 3 rings (SSSR count). The van der Waals surface area contributed by atoms with Gasteiger partial charge in [-0.3, -0.25) is 10.1 Å². The molecule has 0 aliphatic carbocycles. The molecule has 0 spiro atoms. The van der Waals surface area contributed by atoms with Gasteiger partial charge in [0.05, 0.1) is 19.1 Å². The highest BCUT2D eigenvalue weighted by molar-refractivity contribution is 6.03. The van der Waals surface area contributed by atoms with Crippen LogP contribution in [0, 0.1) is 17.6 Å². The van der Waals surface area contributed by atoms with Crippen LogP contribution in [-0.4, -0.2) is 37.7 Å². The third-order valence-corrected chi connectivity index (χ3v) is 5.26. The van der Waals surface area contributed by atoms with E-state index in [2.05, 4.69) is 0 Å². The van der Waals surface area contributed by atoms with Crippen molar-refractivity contribution >= 4 is 12.0 Å². The molecule has 2 saturated heterocycles. The second kappa shape index (κ2) is 7.91. The van der Waals surface area contributed by atoms with Crippen LogP contribution in [0.25, 0.3) is 0 Å². The Morgan fingerprint density at radius 3 is 2.60 bits per heavy atom. The van der Waals surface area contributed by atoms with Crippen LogP contribution in [-0.2, 0) is 4.74 Å². The predicted octanol–water partition coefficient (Wildman–Crippen LogP) is 1.68. The molecule has 2 heterocycles. The largest absolute Gasteiger partial charge is 0.449 e. The number of alkyl carbamates (subject to hydrolysis) is 1. The number of benzene rings is 1. The van der Waals surface area contributed by atoms with Crippen LogP contribution < -0.4 is 10.2 Å². The molecule has 0 aromatic heterocycles. The molecule has 7 heteroatoms. The number of piperidine rings is 2. The van der Waals surface area contributed by atoms with Gasteiger partial charge in [-0.25, -0.2) is 13.6 Å². The van der Waals surface area contributed by atoms with Gasteiger partial charge in [0, 0.05) is 5.92 Å². The van der Waals surface area contributed by atoms with Gasteiger partial charge >= 0.3 is 6.09 Å². The molecule has 5 nitrogen and oxygen atoms in total. The lowest BCUT2D eigenvalue weighted by Gasteiger charge is -2.40. The fourth-order valence-corrected chi connectivity index (χ4v) is 4.07. The second-order valence-corrected chi connectivity index (χ2v) is 6.81. The number of halogens is 2. The molecule has 0 bridgehead atoms. The Bertz CT molecular complexity index is 631. The molecule has 2 N–H and O–H groups in total. The summed E-state index contributed by atoms with van der Waals surface area (Å²) in [4.78, 5) is 25.3. The highest BCUT2D eigenvalue weighted by atomic mass is 19.1. The van der Waals surface area contributed by atoms with Crippen LogP contribution in [0.4, 0.5) is 13.6 Å². The first kappa shape index (κ1) is 17.8. The predicted molar refractivity (Wildman–Crippen MR) is 86.2 cm³/mol. The van der Waals surface area contributed by atoms with Crippen molar-refractivity contribution in [3.8, 4) is 0 Å². The van der Waals surface area contributed by atoms with Gasteiger partial charge in [-0.05, 0) is 44.2 Å². The summed E-state index contributed by atoms with van der Waals surface area (Å²) in [6, 6.07) is 3.58. The van der Waals surface area contributed by atoms with Crippen molar-refractivity contribution in [2.24, 2.45) is 5.92 Å². The van der Waals surface area contributed by atoms with E-state index in [9.17, 15) is 18.4 Å². The van der Waals surface area contributed by atoms with Crippen LogP contribution in [0.15, 0.2) is 18.2 Å². The number of amides is 2. The molecule has 1 aromatic rings. The van der Waals surface area contributed by atoms with Crippen LogP contribution >= 0.6 is 0 Å². The zero-order chi connectivity index (χ0) is 17.8. The number of rotatable bonds is 3. The number of carbonyl (C=O) groups excluding carboxylic acids is 2. The Labute approximate surface area is 145 Å². The van der Waals surface area contributed by atoms with Gasteiger partial charge in [0.25, 0.3) is 5.91 Å². The van der Waals surface area contributed by atoms with E-state index in [-0.39, 0.29) is 12.5 Å². The summed E-state index contributed by atoms with van der Waals surface area (Å²) in [7, 11) is 0. The third-order valence-electron chi connectivity index (χ3n) is 5.26. The van der Waals surface area contributed by atoms with Gasteiger partial charge in [0.2, 0.25) is 0 Å². The number of imide groups is 1. The number of hydrogen-bond acceptors (Lipinski definition) is 3. The van der Waals surface area contributed by atoms with E-state index < -0.39 is 29.2 Å². The van der Waals surface area contributed by atoms with Gasteiger partial charge in [0.1, 0.15) is 23.8 Å². The average molecular weight is 353 g/mol. The first-order chi connectivity index (χ1) is 12.1. The summed E-state index contributed by atoms with van der Waals surface area (Å²) in [5.74, 6) is -2.89. The van der Waals surface area contributed by atoms with Crippen LogP contribution in [0.2, 0.25) is 0 Å². The molecule has 3 atom stereocenters. The molecule has 1 unspecified atom stereocenters. The van der Waals surface area contributed by atoms with E-state index in [1.54, 1.807) is 4.90 Å². The van der Waals surface area contributed by atoms with Crippen molar-refractivity contribution in [1.82, 2.24) is 5.32 Å². The number of nitrogens with one attached hydrogen (secondary N) is 2. The highest BCUT2D eigenvalue weighted by Gasteiger charge is 2.37. The lowest BCUT2D eigenvalue weighted by atomic mass is 9.84. The van der Waals surface area contributed by atoms with Crippen molar-refractivity contribution in [2.45, 2.75) is 38.1 Å². The molecular formula is C18H23F2N2O3+. The smallest absolute Gasteiger partial charge is 0.414 e. The Morgan fingerprint density at radius 1 is 1.12 bits per heavy atom. The topological polar surface area (TPSA) is 59.8 Å². The summed E-state index contributed by atoms with van der Waals surface area (Å²) in [5, 5.41) is 1.90. The van der Waals surface area contributed by atoms with Crippen LogP contribution in [0.3, 0.4) is 0 Å². The number of fused-ring (bicyclic) bond motifs is 1. The van der Waals surface area contributed by atoms with Crippen LogP contribution in [0.5, 0.6) is 0 Å². The first-order valence-electron chi connectivity index (χ1n) is 8.83. The first-order valence-corrected chi connectivity index (χ1v) is 8.83. The summed E-state index contributed by atoms with van der Waals surface area (Å²) in [6.45, 7) is 2.56. The van der Waals surface area contributed by atoms with Crippen molar-refractivity contribution in [3.05, 3.63) is 35.4 Å². The van der Waals surface area contributed by atoms with E-state index >= 15 is 0 Å². The molecule has 1 aromatic carbocycles. The van der Waals surface area contributed by atoms with Gasteiger partial charge in [-0.1, -0.05) is 6.07 Å². The van der Waals surface area contributed by atoms with Crippen molar-refractivity contribution < 1.29 is 28.0 Å². The minimum atomic E-state index is -1.13. The lowest BCUT2D eigenvalue weighted by Crippen LogP contribution is -3.18. The number of ether oxygens (including phenoxy) is 1. The molecule has 2 aliphatic rings. The fourth-order valence-electron chi connectivity index (χ4n) is 4.07. The fraction of sp³-hybridized carbons (Fsp3) is 0.556. The van der Waals surface area contributed by atoms with Gasteiger partial charge in [0.15, 0.2) is 0 Å². The zero-order valence-corrected chi connectivity index (χ0v) is 14.0. The van der Waals surface area contributed by atoms with Crippen molar-refractivity contribution in [2.75, 3.05) is 19.7 Å². The van der Waals surface area contributed by atoms with Crippen molar-refractivity contribution in [1.29, 1.82) is 0 Å². The summed E-state index contributed by atoms with van der Waals surface area (Å²) >= 11 is 0. The van der Waals surface area contributed by atoms with E-state index in [4.69, 9.17) is 4.74 Å². The molecule has 25 heavy (non-hydrogen) atoms. The minimum Gasteiger partial charge on any atom is -0.449 e. The average Bonchev–Trinajstić information content (AvgIpc) is 2.59. The highest BCUT2D eigenvalue weighted by Crippen LogP contribution is 2.20. The Hall–Kier alpha value is -2.02. The molecular weight excluding hydrogens is 330 g/mol. The number of quaternary nitrogens is 1. The molecule has 2 amide bonds. The van der Waals surface area contributed by atoms with E-state index in [0.717, 1.165) is 37.5 Å². The summed E-state index contributed by atoms with van der Waals surface area (Å²) in [6.07, 6.45) is 4.70. The molecule has 136 valence electrons. The Balaban J connectivity index is 1.53. The van der Waals surface area contributed by atoms with E-state index in [1.165, 1.54) is 25.9 Å². The zero-order valence-electron chi connectivity index (χ0n) is 14.0. The van der Waals surface area contributed by atoms with Gasteiger partial charge in [-0.15, -0.1) is 0 Å². The van der Waals surface area contributed by atoms with Crippen LogP contribution in [0.1, 0.15) is 42.5 Å². The van der Waals surface area contributed by atoms with Crippen molar-refractivity contribution in [3.63, 3.8) is 0 Å². The molecule has 2 fully saturated rings. The number of hydrogen-bond donors (Lipinski definition) is 2. The Kier molecular flexibility index (Phi) is 5.63. The molecule has 0 saturated carbocycles. The molecule has 2 aliphatic heterocycles. The second-order valence-electron chi connectivity index (χ2n) is 6.81. The normalized spacial score (nSPS) is 25.8. The van der Waals surface area contributed by atoms with E-state index in [1.807, 2.05) is 5.32 Å². The third kappa shape index (κ3) is 4.15. The summed E-state index contributed by atoms with van der Waals surface area (Å²) in [5.41, 5.74) is -0.778. The lowest BCUT2D eigenvalue weighted by molar-refractivity contribution is -0.940. The monoisotopic (exact) mass is 353 g/mol. The quantitative estimate of drug-likeness (QED) is 0.869. The number of carbonyl (C=O) groups is 2. The SMILES string of the molecule is O=C(NC(=O)c1c(F)cccc1F)OC[C@@H]1CCC[NH+]2CCCC[C@H]12. The standard InChI is InChI=1S/C18H22F2N2O3/c19-13-6-3-7-14(20)16(13)17(23)21-18(24)25-11-12-5-4-10-22-9-2-1-8-15(12)22/h3,6-7,12,15H,1-2,4-5,8-11H2,(H,21,23,24)/p+1/t12-,15+/m0/s1. The Morgan fingerprint density at radius 2 is 1.84 bits per heavy atom. The molecule has 0 radical (unpaired) electrons. The van der Waals surface area contributed by atoms with E-state index in [0.29, 0.717) is 6.04 Å². The maximum absolute atomic E-state index is 13.6. The van der Waals surface area contributed by atoms with Gasteiger partial charge in [-0.2, -0.15) is 0 Å². The van der Waals surface area contributed by atoms with Gasteiger partial charge < -0.3 is 9.64 Å².